The molecule has 158 valence electrons. The quantitative estimate of drug-likeness (QED) is 0.711. The van der Waals surface area contributed by atoms with Gasteiger partial charge in [0, 0.05) is 31.1 Å². The molecule has 0 aliphatic carbocycles. The minimum Gasteiger partial charge on any atom is -0.493 e. The molecule has 1 aliphatic rings. The molecule has 2 aromatic rings. The van der Waals surface area contributed by atoms with Crippen molar-refractivity contribution in [3.63, 3.8) is 0 Å². The smallest absolute Gasteiger partial charge is 0.407 e. The molecule has 1 aromatic carbocycles. The number of hydrogen-bond acceptors (Lipinski definition) is 7. The fraction of sp³-hybridized carbons (Fsp3) is 0.550. The standard InChI is InChI=1S/C20H27ClN4O4/c1-20(2,3)29-19(26)22-7-6-12-10-25(11-12)17-13-8-15(27-4)16(28-5)9-14(13)23-18(21)24-17/h8-9,12H,6-7,10-11H2,1-5H3,(H,22,26). The molecule has 1 aromatic heterocycles. The first-order chi connectivity index (χ1) is 13.7. The number of amides is 1. The zero-order valence-electron chi connectivity index (χ0n) is 17.4. The maximum atomic E-state index is 11.7. The van der Waals surface area contributed by atoms with E-state index in [-0.39, 0.29) is 11.4 Å². The van der Waals surface area contributed by atoms with Gasteiger partial charge in [-0.25, -0.2) is 9.78 Å². The van der Waals surface area contributed by atoms with Gasteiger partial charge in [0.1, 0.15) is 11.4 Å². The summed E-state index contributed by atoms with van der Waals surface area (Å²) in [6.07, 6.45) is 0.479. The Balaban J connectivity index is 1.63. The number of carbonyl (C=O) groups excluding carboxylic acids is 1. The largest absolute Gasteiger partial charge is 0.493 e. The fourth-order valence-electron chi connectivity index (χ4n) is 3.27. The lowest BCUT2D eigenvalue weighted by Gasteiger charge is -2.40. The lowest BCUT2D eigenvalue weighted by molar-refractivity contribution is 0.0524. The molecule has 0 atom stereocenters. The van der Waals surface area contributed by atoms with Gasteiger partial charge in [-0.05, 0) is 50.8 Å². The third-order valence-electron chi connectivity index (χ3n) is 4.63. The molecular formula is C20H27ClN4O4. The zero-order chi connectivity index (χ0) is 21.2. The van der Waals surface area contributed by atoms with E-state index in [1.165, 1.54) is 0 Å². The number of fused-ring (bicyclic) bond motifs is 1. The molecule has 1 aliphatic heterocycles. The molecule has 9 heteroatoms. The summed E-state index contributed by atoms with van der Waals surface area (Å²) in [5, 5.41) is 3.85. The summed E-state index contributed by atoms with van der Waals surface area (Å²) in [6.45, 7) is 7.76. The first-order valence-corrected chi connectivity index (χ1v) is 9.89. The Morgan fingerprint density at radius 2 is 1.86 bits per heavy atom. The number of nitrogens with one attached hydrogen (secondary N) is 1. The molecular weight excluding hydrogens is 396 g/mol. The van der Waals surface area contributed by atoms with E-state index in [1.54, 1.807) is 20.3 Å². The third kappa shape index (κ3) is 5.12. The molecule has 1 N–H and O–H groups in total. The predicted octanol–water partition coefficient (Wildman–Crippen LogP) is 3.65. The summed E-state index contributed by atoms with van der Waals surface area (Å²) in [7, 11) is 3.18. The van der Waals surface area contributed by atoms with Crippen LogP contribution in [0.4, 0.5) is 10.6 Å². The van der Waals surface area contributed by atoms with Crippen LogP contribution in [0.25, 0.3) is 10.9 Å². The molecule has 0 bridgehead atoms. The normalized spacial score (nSPS) is 14.5. The molecule has 1 fully saturated rings. The number of methoxy groups -OCH3 is 2. The Bertz CT molecular complexity index is 894. The number of anilines is 1. The van der Waals surface area contributed by atoms with Crippen molar-refractivity contribution in [2.75, 3.05) is 38.8 Å². The van der Waals surface area contributed by atoms with Gasteiger partial charge in [0.05, 0.1) is 19.7 Å². The van der Waals surface area contributed by atoms with E-state index < -0.39 is 5.60 Å². The van der Waals surface area contributed by atoms with Gasteiger partial charge in [-0.1, -0.05) is 0 Å². The van der Waals surface area contributed by atoms with Crippen LogP contribution in [-0.4, -0.2) is 55.5 Å². The van der Waals surface area contributed by atoms with Crippen LogP contribution in [0.2, 0.25) is 5.28 Å². The Morgan fingerprint density at radius 3 is 2.48 bits per heavy atom. The minimum atomic E-state index is -0.492. The number of ether oxygens (including phenoxy) is 3. The highest BCUT2D eigenvalue weighted by Gasteiger charge is 2.30. The summed E-state index contributed by atoms with van der Waals surface area (Å²) >= 11 is 6.14. The van der Waals surface area contributed by atoms with E-state index in [1.807, 2.05) is 26.8 Å². The number of hydrogen-bond donors (Lipinski definition) is 1. The summed E-state index contributed by atoms with van der Waals surface area (Å²) in [5.74, 6) is 2.44. The van der Waals surface area contributed by atoms with Gasteiger partial charge >= 0.3 is 6.09 Å². The fourth-order valence-corrected chi connectivity index (χ4v) is 3.44. The first-order valence-electron chi connectivity index (χ1n) is 9.51. The highest BCUT2D eigenvalue weighted by Crippen LogP contribution is 2.37. The summed E-state index contributed by atoms with van der Waals surface area (Å²) in [4.78, 5) is 22.6. The number of rotatable bonds is 6. The van der Waals surface area contributed by atoms with Crippen molar-refractivity contribution in [2.45, 2.75) is 32.8 Å². The molecule has 3 rings (SSSR count). The van der Waals surface area contributed by atoms with Crippen molar-refractivity contribution in [3.8, 4) is 11.5 Å². The van der Waals surface area contributed by atoms with Crippen molar-refractivity contribution >= 4 is 34.4 Å². The summed E-state index contributed by atoms with van der Waals surface area (Å²) < 4.78 is 16.0. The average molecular weight is 423 g/mol. The predicted molar refractivity (Wildman–Crippen MR) is 112 cm³/mol. The number of carbonyl (C=O) groups is 1. The van der Waals surface area contributed by atoms with Gasteiger partial charge in [-0.3, -0.25) is 0 Å². The van der Waals surface area contributed by atoms with E-state index in [2.05, 4.69) is 20.2 Å². The van der Waals surface area contributed by atoms with Crippen LogP contribution < -0.4 is 19.7 Å². The second-order valence-corrected chi connectivity index (χ2v) is 8.37. The molecule has 0 radical (unpaired) electrons. The Labute approximate surface area is 175 Å². The highest BCUT2D eigenvalue weighted by atomic mass is 35.5. The van der Waals surface area contributed by atoms with Crippen LogP contribution in [0, 0.1) is 5.92 Å². The van der Waals surface area contributed by atoms with E-state index in [4.69, 9.17) is 25.8 Å². The summed E-state index contributed by atoms with van der Waals surface area (Å²) in [5.41, 5.74) is 0.210. The van der Waals surface area contributed by atoms with Crippen molar-refractivity contribution < 1.29 is 19.0 Å². The van der Waals surface area contributed by atoms with Gasteiger partial charge in [0.25, 0.3) is 0 Å². The Morgan fingerprint density at radius 1 is 1.21 bits per heavy atom. The van der Waals surface area contributed by atoms with Gasteiger partial charge in [0.15, 0.2) is 11.5 Å². The Kier molecular flexibility index (Phi) is 6.21. The number of halogens is 1. The van der Waals surface area contributed by atoms with Crippen molar-refractivity contribution in [1.82, 2.24) is 15.3 Å². The maximum absolute atomic E-state index is 11.7. The van der Waals surface area contributed by atoms with Crippen LogP contribution in [0.3, 0.4) is 0 Å². The number of nitrogens with zero attached hydrogens (tertiary/aromatic N) is 3. The van der Waals surface area contributed by atoms with Crippen LogP contribution in [0.1, 0.15) is 27.2 Å². The molecule has 1 saturated heterocycles. The van der Waals surface area contributed by atoms with Crippen LogP contribution in [0.15, 0.2) is 12.1 Å². The summed E-state index contributed by atoms with van der Waals surface area (Å²) in [6, 6.07) is 3.67. The number of benzene rings is 1. The molecule has 0 spiro atoms. The van der Waals surface area contributed by atoms with Gasteiger partial charge < -0.3 is 24.4 Å². The maximum Gasteiger partial charge on any atom is 0.407 e. The monoisotopic (exact) mass is 422 g/mol. The average Bonchev–Trinajstić information content (AvgIpc) is 2.60. The van der Waals surface area contributed by atoms with Crippen molar-refractivity contribution in [1.29, 1.82) is 0 Å². The second-order valence-electron chi connectivity index (χ2n) is 8.03. The van der Waals surface area contributed by atoms with Crippen LogP contribution in [-0.2, 0) is 4.74 Å². The van der Waals surface area contributed by atoms with Gasteiger partial charge in [0.2, 0.25) is 5.28 Å². The molecule has 2 heterocycles. The molecule has 8 nitrogen and oxygen atoms in total. The van der Waals surface area contributed by atoms with Crippen molar-refractivity contribution in [2.24, 2.45) is 5.92 Å². The Hall–Kier alpha value is -2.48. The molecule has 1 amide bonds. The van der Waals surface area contributed by atoms with Gasteiger partial charge in [-0.2, -0.15) is 4.98 Å². The number of aromatic nitrogens is 2. The first kappa shape index (κ1) is 21.2. The van der Waals surface area contributed by atoms with E-state index in [0.717, 1.165) is 30.7 Å². The third-order valence-corrected chi connectivity index (χ3v) is 4.80. The minimum absolute atomic E-state index is 0.190. The highest BCUT2D eigenvalue weighted by molar-refractivity contribution is 6.28. The molecule has 0 saturated carbocycles. The lowest BCUT2D eigenvalue weighted by Crippen LogP contribution is -2.48. The molecule has 29 heavy (non-hydrogen) atoms. The SMILES string of the molecule is COc1cc2nc(Cl)nc(N3CC(CCNC(=O)OC(C)(C)C)C3)c2cc1OC. The second kappa shape index (κ2) is 8.49. The van der Waals surface area contributed by atoms with E-state index in [0.29, 0.717) is 29.5 Å². The van der Waals surface area contributed by atoms with Gasteiger partial charge in [-0.15, -0.1) is 0 Å². The molecule has 0 unspecified atom stereocenters. The topological polar surface area (TPSA) is 85.8 Å². The van der Waals surface area contributed by atoms with E-state index >= 15 is 0 Å². The number of alkyl carbamates (subject to hydrolysis) is 1. The van der Waals surface area contributed by atoms with E-state index in [9.17, 15) is 4.79 Å². The van der Waals surface area contributed by atoms with Crippen molar-refractivity contribution in [3.05, 3.63) is 17.4 Å². The lowest BCUT2D eigenvalue weighted by atomic mass is 9.96. The van der Waals surface area contributed by atoms with Crippen LogP contribution in [0.5, 0.6) is 11.5 Å². The van der Waals surface area contributed by atoms with Crippen LogP contribution >= 0.6 is 11.6 Å². The zero-order valence-corrected chi connectivity index (χ0v) is 18.2.